The summed E-state index contributed by atoms with van der Waals surface area (Å²) < 4.78 is 11.1. The number of ether oxygens (including phenoxy) is 2. The molecule has 4 nitrogen and oxygen atoms in total. The topological polar surface area (TPSA) is 52.6 Å². The molecular formula is C18H32O4. The molecule has 0 saturated heterocycles. The molecule has 0 heterocycles. The Labute approximate surface area is 134 Å². The Bertz CT molecular complexity index is 315. The van der Waals surface area contributed by atoms with Crippen molar-refractivity contribution in [3.8, 4) is 0 Å². The van der Waals surface area contributed by atoms with Crippen molar-refractivity contribution in [1.29, 1.82) is 0 Å². The minimum Gasteiger partial charge on any atom is -0.458 e. The zero-order chi connectivity index (χ0) is 16.5. The second-order valence-corrected chi connectivity index (χ2v) is 7.21. The molecule has 1 rings (SSSR count). The van der Waals surface area contributed by atoms with Crippen LogP contribution >= 0.6 is 0 Å². The van der Waals surface area contributed by atoms with E-state index in [-0.39, 0.29) is 24.1 Å². The summed E-state index contributed by atoms with van der Waals surface area (Å²) in [5.74, 6) is 0.653. The molecule has 0 aromatic rings. The van der Waals surface area contributed by atoms with E-state index in [1.807, 2.05) is 0 Å². The van der Waals surface area contributed by atoms with E-state index in [4.69, 9.17) is 9.47 Å². The lowest BCUT2D eigenvalue weighted by molar-refractivity contribution is -0.172. The summed E-state index contributed by atoms with van der Waals surface area (Å²) >= 11 is 0. The summed E-state index contributed by atoms with van der Waals surface area (Å²) in [6, 6.07) is 0. The van der Waals surface area contributed by atoms with Gasteiger partial charge >= 0.3 is 11.9 Å². The maximum atomic E-state index is 11.9. The standard InChI is InChI=1S/C18H32O4/c1-13(2)9-11-17(19)21-15-7-5-6-8-16(15)22-18(20)12-10-14(3)4/h13-16H,5-12H2,1-4H3. The van der Waals surface area contributed by atoms with Gasteiger partial charge in [-0.2, -0.15) is 0 Å². The molecule has 2 unspecified atom stereocenters. The van der Waals surface area contributed by atoms with Crippen LogP contribution in [0.2, 0.25) is 0 Å². The molecule has 1 aliphatic carbocycles. The second kappa shape index (κ2) is 9.86. The first-order valence-electron chi connectivity index (χ1n) is 8.77. The fourth-order valence-corrected chi connectivity index (χ4v) is 2.60. The molecule has 4 heteroatoms. The van der Waals surface area contributed by atoms with Gasteiger partial charge in [-0.3, -0.25) is 9.59 Å². The van der Waals surface area contributed by atoms with E-state index in [1.165, 1.54) is 0 Å². The molecule has 0 aromatic heterocycles. The largest absolute Gasteiger partial charge is 0.458 e. The molecule has 0 amide bonds. The molecule has 0 aromatic carbocycles. The van der Waals surface area contributed by atoms with E-state index < -0.39 is 0 Å². The molecule has 0 aliphatic heterocycles. The average molecular weight is 312 g/mol. The van der Waals surface area contributed by atoms with Gasteiger partial charge in [0, 0.05) is 12.8 Å². The number of hydrogen-bond donors (Lipinski definition) is 0. The van der Waals surface area contributed by atoms with Crippen molar-refractivity contribution in [1.82, 2.24) is 0 Å². The van der Waals surface area contributed by atoms with Crippen molar-refractivity contribution in [3.05, 3.63) is 0 Å². The molecule has 2 atom stereocenters. The highest BCUT2D eigenvalue weighted by Gasteiger charge is 2.31. The summed E-state index contributed by atoms with van der Waals surface area (Å²) in [6.07, 6.45) is 5.72. The monoisotopic (exact) mass is 312 g/mol. The Hall–Kier alpha value is -1.06. The van der Waals surface area contributed by atoms with E-state index in [0.29, 0.717) is 24.7 Å². The summed E-state index contributed by atoms with van der Waals surface area (Å²) in [4.78, 5) is 23.8. The maximum absolute atomic E-state index is 11.9. The fraction of sp³-hybridized carbons (Fsp3) is 0.889. The predicted octanol–water partition coefficient (Wildman–Crippen LogP) is 4.26. The number of carbonyl (C=O) groups excluding carboxylic acids is 2. The minimum absolute atomic E-state index is 0.163. The third-order valence-electron chi connectivity index (χ3n) is 4.06. The van der Waals surface area contributed by atoms with Crippen molar-refractivity contribution in [2.45, 2.75) is 91.3 Å². The highest BCUT2D eigenvalue weighted by atomic mass is 16.6. The average Bonchev–Trinajstić information content (AvgIpc) is 2.45. The molecule has 22 heavy (non-hydrogen) atoms. The van der Waals surface area contributed by atoms with Crippen LogP contribution in [0.15, 0.2) is 0 Å². The van der Waals surface area contributed by atoms with Gasteiger partial charge in [0.1, 0.15) is 12.2 Å². The zero-order valence-electron chi connectivity index (χ0n) is 14.6. The molecule has 0 N–H and O–H groups in total. The lowest BCUT2D eigenvalue weighted by Gasteiger charge is -2.30. The SMILES string of the molecule is CC(C)CCC(=O)OC1CCCCC1OC(=O)CCC(C)C. The quantitative estimate of drug-likeness (QED) is 0.628. The van der Waals surface area contributed by atoms with Gasteiger partial charge in [-0.1, -0.05) is 27.7 Å². The van der Waals surface area contributed by atoms with Gasteiger partial charge in [-0.15, -0.1) is 0 Å². The Balaban J connectivity index is 2.42. The van der Waals surface area contributed by atoms with Crippen LogP contribution in [-0.4, -0.2) is 24.1 Å². The summed E-state index contributed by atoms with van der Waals surface area (Å²) in [5, 5.41) is 0. The highest BCUT2D eigenvalue weighted by Crippen LogP contribution is 2.25. The van der Waals surface area contributed by atoms with Crippen molar-refractivity contribution in [3.63, 3.8) is 0 Å². The van der Waals surface area contributed by atoms with E-state index in [9.17, 15) is 9.59 Å². The van der Waals surface area contributed by atoms with Crippen LogP contribution in [0, 0.1) is 11.8 Å². The zero-order valence-corrected chi connectivity index (χ0v) is 14.6. The van der Waals surface area contributed by atoms with Gasteiger partial charge in [-0.25, -0.2) is 0 Å². The highest BCUT2D eigenvalue weighted by molar-refractivity contribution is 5.70. The summed E-state index contributed by atoms with van der Waals surface area (Å²) in [5.41, 5.74) is 0. The molecule has 1 fully saturated rings. The van der Waals surface area contributed by atoms with Gasteiger partial charge < -0.3 is 9.47 Å². The summed E-state index contributed by atoms with van der Waals surface area (Å²) in [7, 11) is 0. The second-order valence-electron chi connectivity index (χ2n) is 7.21. The van der Waals surface area contributed by atoms with E-state index >= 15 is 0 Å². The van der Waals surface area contributed by atoms with Crippen LogP contribution < -0.4 is 0 Å². The first-order valence-corrected chi connectivity index (χ1v) is 8.77. The molecule has 1 saturated carbocycles. The Morgan fingerprint density at radius 3 is 1.50 bits per heavy atom. The van der Waals surface area contributed by atoms with Crippen molar-refractivity contribution >= 4 is 11.9 Å². The number of esters is 2. The smallest absolute Gasteiger partial charge is 0.306 e. The molecule has 0 spiro atoms. The van der Waals surface area contributed by atoms with Gasteiger partial charge in [0.15, 0.2) is 0 Å². The number of carbonyl (C=O) groups is 2. The molecule has 0 radical (unpaired) electrons. The third kappa shape index (κ3) is 7.81. The third-order valence-corrected chi connectivity index (χ3v) is 4.06. The van der Waals surface area contributed by atoms with Gasteiger partial charge in [0.2, 0.25) is 0 Å². The lowest BCUT2D eigenvalue weighted by atomic mass is 9.94. The van der Waals surface area contributed by atoms with Crippen LogP contribution in [0.3, 0.4) is 0 Å². The van der Waals surface area contributed by atoms with Crippen LogP contribution in [0.5, 0.6) is 0 Å². The van der Waals surface area contributed by atoms with Crippen molar-refractivity contribution in [2.75, 3.05) is 0 Å². The van der Waals surface area contributed by atoms with E-state index in [0.717, 1.165) is 38.5 Å². The van der Waals surface area contributed by atoms with Crippen LogP contribution in [0.4, 0.5) is 0 Å². The van der Waals surface area contributed by atoms with Crippen LogP contribution in [-0.2, 0) is 19.1 Å². The van der Waals surface area contributed by atoms with Gasteiger partial charge in [0.05, 0.1) is 0 Å². The Morgan fingerprint density at radius 2 is 1.18 bits per heavy atom. The van der Waals surface area contributed by atoms with Gasteiger partial charge in [0.25, 0.3) is 0 Å². The number of rotatable bonds is 8. The Kier molecular flexibility index (Phi) is 8.51. The van der Waals surface area contributed by atoms with E-state index in [1.54, 1.807) is 0 Å². The fourth-order valence-electron chi connectivity index (χ4n) is 2.60. The van der Waals surface area contributed by atoms with Crippen molar-refractivity contribution in [2.24, 2.45) is 11.8 Å². The van der Waals surface area contributed by atoms with Crippen molar-refractivity contribution < 1.29 is 19.1 Å². The van der Waals surface area contributed by atoms with Crippen LogP contribution in [0.1, 0.15) is 79.1 Å². The number of hydrogen-bond acceptors (Lipinski definition) is 4. The normalized spacial score (nSPS) is 21.9. The predicted molar refractivity (Wildman–Crippen MR) is 86.4 cm³/mol. The molecule has 0 bridgehead atoms. The first-order chi connectivity index (χ1) is 10.4. The van der Waals surface area contributed by atoms with E-state index in [2.05, 4.69) is 27.7 Å². The minimum atomic E-state index is -0.253. The maximum Gasteiger partial charge on any atom is 0.306 e. The van der Waals surface area contributed by atoms with Gasteiger partial charge in [-0.05, 0) is 50.4 Å². The molecule has 1 aliphatic rings. The molecule has 128 valence electrons. The summed E-state index contributed by atoms with van der Waals surface area (Å²) in [6.45, 7) is 8.36. The Morgan fingerprint density at radius 1 is 0.818 bits per heavy atom. The first kappa shape index (κ1) is 19.0. The van der Waals surface area contributed by atoms with Crippen LogP contribution in [0.25, 0.3) is 0 Å². The molecular weight excluding hydrogens is 280 g/mol. The lowest BCUT2D eigenvalue weighted by Crippen LogP contribution is -2.37.